The summed E-state index contributed by atoms with van der Waals surface area (Å²) in [5, 5.41) is 0. The molecule has 0 saturated carbocycles. The molecule has 27 nitrogen and oxygen atoms in total. The highest BCUT2D eigenvalue weighted by Crippen LogP contribution is 2.44. The number of likely N-dealkylation sites (tertiary alicyclic amines) is 4. The van der Waals surface area contributed by atoms with Gasteiger partial charge >= 0.3 is 0 Å². The van der Waals surface area contributed by atoms with E-state index in [9.17, 15) is 28.0 Å². The van der Waals surface area contributed by atoms with Crippen LogP contribution in [0.2, 0.25) is 0 Å². The lowest BCUT2D eigenvalue weighted by Gasteiger charge is -2.33. The van der Waals surface area contributed by atoms with Gasteiger partial charge in [0.1, 0.15) is 46.3 Å². The number of ether oxygens (including phenoxy) is 7. The van der Waals surface area contributed by atoms with E-state index in [4.69, 9.17) is 53.1 Å². The third kappa shape index (κ3) is 19.3. The lowest BCUT2D eigenvalue weighted by atomic mass is 10.0. The summed E-state index contributed by atoms with van der Waals surface area (Å²) in [6.45, 7) is 15.1. The van der Waals surface area contributed by atoms with Crippen LogP contribution in [0.25, 0.3) is 67.1 Å². The fourth-order valence-electron chi connectivity index (χ4n) is 17.6. The number of hydrogen-bond donors (Lipinski definition) is 0. The number of halogens is 2. The summed E-state index contributed by atoms with van der Waals surface area (Å²) in [6.07, 6.45) is 32.4. The summed E-state index contributed by atoms with van der Waals surface area (Å²) >= 11 is 0. The number of para-hydroxylation sites is 4. The Morgan fingerprint density at radius 2 is 0.640 bits per heavy atom. The van der Waals surface area contributed by atoms with Crippen molar-refractivity contribution in [2.24, 2.45) is 0 Å². The molecule has 4 fully saturated rings. The molecule has 4 aliphatic heterocycles. The van der Waals surface area contributed by atoms with Gasteiger partial charge in [0.15, 0.2) is 46.1 Å². The molecular formula is C107H96F2N16O11. The summed E-state index contributed by atoms with van der Waals surface area (Å²) in [6, 6.07) is 54.6. The van der Waals surface area contributed by atoms with Gasteiger partial charge in [0.05, 0.1) is 115 Å². The van der Waals surface area contributed by atoms with Crippen molar-refractivity contribution in [3.8, 4) is 132 Å². The zero-order valence-corrected chi connectivity index (χ0v) is 75.7. The van der Waals surface area contributed by atoms with Crippen molar-refractivity contribution < 1.29 is 61.1 Å². The number of carbonyl (C=O) groups excluding carboxylic acids is 4. The van der Waals surface area contributed by atoms with Crippen LogP contribution < -0.4 is 33.2 Å². The second-order valence-electron chi connectivity index (χ2n) is 32.3. The third-order valence-corrected chi connectivity index (χ3v) is 24.1. The quantitative estimate of drug-likeness (QED) is 0.0478. The number of benzene rings is 8. The van der Waals surface area contributed by atoms with Crippen LogP contribution >= 0.6 is 0 Å². The van der Waals surface area contributed by atoms with Crippen LogP contribution in [0.5, 0.6) is 63.2 Å². The van der Waals surface area contributed by atoms with Crippen LogP contribution in [-0.2, 0) is 19.2 Å². The van der Waals surface area contributed by atoms with E-state index in [1.54, 1.807) is 139 Å². The smallest absolute Gasteiger partial charge is 0.299 e. The van der Waals surface area contributed by atoms with Gasteiger partial charge in [-0.2, -0.15) is 4.39 Å². The van der Waals surface area contributed by atoms with Crippen LogP contribution in [0.1, 0.15) is 125 Å². The van der Waals surface area contributed by atoms with Crippen molar-refractivity contribution in [1.29, 1.82) is 0 Å². The van der Waals surface area contributed by atoms with E-state index in [-0.39, 0.29) is 70.9 Å². The first-order chi connectivity index (χ1) is 66.5. The number of carbonyl (C=O) groups is 4. The minimum atomic E-state index is -0.556. The minimum Gasteiger partial charge on any atom is -0.494 e. The number of rotatable bonds is 21. The van der Waals surface area contributed by atoms with E-state index < -0.39 is 5.82 Å². The van der Waals surface area contributed by atoms with Crippen LogP contribution in [0.15, 0.2) is 282 Å². The molecule has 4 amide bonds. The van der Waals surface area contributed by atoms with Crippen LogP contribution in [0.3, 0.4) is 0 Å². The van der Waals surface area contributed by atoms with Gasteiger partial charge in [-0.05, 0) is 248 Å². The fraction of sp³-hybridized carbons (Fsp3) is 0.215. The Hall–Kier alpha value is -16.8. The molecule has 16 aromatic rings. The number of methoxy groups -OCH3 is 3. The highest BCUT2D eigenvalue weighted by molar-refractivity contribution is 5.95. The maximum absolute atomic E-state index is 14.5. The Bertz CT molecular complexity index is 7240. The van der Waals surface area contributed by atoms with Crippen LogP contribution in [0.4, 0.5) is 8.78 Å². The lowest BCUT2D eigenvalue weighted by molar-refractivity contribution is -0.129. The zero-order chi connectivity index (χ0) is 94.3. The maximum atomic E-state index is 14.5. The Labute approximate surface area is 783 Å². The first-order valence-electron chi connectivity index (χ1n) is 44.6. The molecule has 4 saturated heterocycles. The van der Waals surface area contributed by atoms with Crippen molar-refractivity contribution in [2.75, 3.05) is 47.5 Å². The number of fused-ring (bicyclic) bond motifs is 4. The molecule has 0 aliphatic carbocycles. The number of amides is 4. The van der Waals surface area contributed by atoms with Gasteiger partial charge in [0.25, 0.3) is 11.8 Å². The van der Waals surface area contributed by atoms with Crippen molar-refractivity contribution in [1.82, 2.24) is 77.1 Å². The average Bonchev–Trinajstić information content (AvgIpc) is 1.63. The van der Waals surface area contributed by atoms with Crippen molar-refractivity contribution in [3.05, 3.63) is 322 Å². The summed E-state index contributed by atoms with van der Waals surface area (Å²) in [7, 11) is 4.65. The van der Waals surface area contributed by atoms with Crippen molar-refractivity contribution in [3.63, 3.8) is 0 Å². The molecule has 12 heterocycles. The summed E-state index contributed by atoms with van der Waals surface area (Å²) < 4.78 is 76.1. The van der Waals surface area contributed by atoms with Gasteiger partial charge in [0.2, 0.25) is 17.6 Å². The Balaban J connectivity index is 0.000000126. The van der Waals surface area contributed by atoms with Crippen LogP contribution in [-0.4, -0.2) is 148 Å². The molecule has 8 aromatic carbocycles. The second kappa shape index (κ2) is 41.7. The van der Waals surface area contributed by atoms with Gasteiger partial charge < -0.3 is 52.8 Å². The molecule has 4 atom stereocenters. The van der Waals surface area contributed by atoms with E-state index >= 15 is 0 Å². The molecule has 8 aromatic heterocycles. The van der Waals surface area contributed by atoms with Gasteiger partial charge in [-0.25, -0.2) is 24.3 Å². The molecule has 0 bridgehead atoms. The third-order valence-electron chi connectivity index (χ3n) is 24.1. The Kier molecular flexibility index (Phi) is 28.0. The molecule has 29 heteroatoms. The van der Waals surface area contributed by atoms with E-state index in [0.717, 1.165) is 148 Å². The molecule has 4 aliphatic rings. The number of aryl methyl sites for hydroxylation is 1. The molecule has 0 radical (unpaired) electrons. The number of hydrogen-bond acceptors (Lipinski definition) is 19. The van der Waals surface area contributed by atoms with Gasteiger partial charge in [-0.15, -0.1) is 0 Å². The Morgan fingerprint density at radius 1 is 0.353 bits per heavy atom. The van der Waals surface area contributed by atoms with Gasteiger partial charge in [-0.3, -0.25) is 56.7 Å². The van der Waals surface area contributed by atoms with Crippen LogP contribution in [0, 0.1) is 42.2 Å². The summed E-state index contributed by atoms with van der Waals surface area (Å²) in [5.74, 6) is 18.1. The summed E-state index contributed by atoms with van der Waals surface area (Å²) in [5.41, 5.74) is 10.8. The molecule has 684 valence electrons. The minimum absolute atomic E-state index is 0.0669. The monoisotopic (exact) mass is 1820 g/mol. The van der Waals surface area contributed by atoms with E-state index in [1.165, 1.54) is 25.3 Å². The molecule has 0 spiro atoms. The van der Waals surface area contributed by atoms with Crippen molar-refractivity contribution in [2.45, 2.75) is 103 Å². The van der Waals surface area contributed by atoms with E-state index in [1.807, 2.05) is 183 Å². The average molecular weight is 1820 g/mol. The molecule has 136 heavy (non-hydrogen) atoms. The standard InChI is InChI=1S/C28H25FN4O3.C27H24N4O3.C26H23FN4O2.C26H24N4O3/c1-3-7-25(34)32-16-5-4-8-21(32)28-31-27(22-18-30-15-17-33(22)28)19-11-13-20(14-12-19)36-24-10-6-9-23(35-2)26(24)29;1-3-7-25(32)30-16-6-8-21(30)27-29-26(22-18-28-15-17-31(22)27)19-11-13-20(14-12-19)34-24-10-5-4-9-23(24)33-2;1-3-23(32)30-14-5-7-20(30)26-29-25(21-16-28-13-15-31(21)26)18-9-11-19(12-10-18)33-22-8-4-6-17(2)24(22)27;1-3-24(31)29-15-6-7-20(29)26-28-25(21-17-27-14-16-30(21)26)18-10-12-19(13-11-18)33-23-9-5-4-8-22(23)32-2/h6,9-15,17-18,21H,4-5,8,16H2,1-2H3;4-5,9-15,17-18,21H,6,8,16H2,1-2H3;3-4,6,8-13,15-16,20H,1,5,7,14H2,2H3;3-5,8-14,16-17,20H,1,6-7,15H2,2H3/t2*21-;2*20-/m0000/s1. The number of piperidine rings is 1. The number of aromatic nitrogens is 12. The molecule has 20 rings (SSSR count). The predicted octanol–water partition coefficient (Wildman–Crippen LogP) is 20.8. The topological polar surface area (TPSA) is 267 Å². The Morgan fingerprint density at radius 3 is 0.978 bits per heavy atom. The normalized spacial score (nSPS) is 15.4. The highest BCUT2D eigenvalue weighted by atomic mass is 19.1. The summed E-state index contributed by atoms with van der Waals surface area (Å²) in [4.78, 5) is 94.4. The number of imidazole rings is 4. The fourth-order valence-corrected chi connectivity index (χ4v) is 17.6. The van der Waals surface area contributed by atoms with Gasteiger partial charge in [-0.1, -0.05) is 67.5 Å². The predicted molar refractivity (Wildman–Crippen MR) is 511 cm³/mol. The SMILES string of the molecule is C=CC(=O)N1CCC[C@H]1c1nc(-c2ccc(Oc3cccc(C)c3F)cc2)c2cnccn12.C=CC(=O)N1CCC[C@H]1c1nc(-c2ccc(Oc3ccccc3OC)cc2)c2cnccn12.CC#CC(=O)N1CCCC[C@H]1c1nc(-c2ccc(Oc3cccc(OC)c3F)cc2)c2cnccn12.CC#CC(=O)N1CCC[C@H]1c1nc(-c2ccc(Oc3ccccc3OC)cc2)c2cnccn12. The molecular weight excluding hydrogens is 1720 g/mol. The molecule has 0 N–H and O–H groups in total. The second-order valence-corrected chi connectivity index (χ2v) is 32.3. The highest BCUT2D eigenvalue weighted by Gasteiger charge is 2.38. The largest absolute Gasteiger partial charge is 0.494 e. The maximum Gasteiger partial charge on any atom is 0.299 e. The van der Waals surface area contributed by atoms with E-state index in [0.29, 0.717) is 77.7 Å². The van der Waals surface area contributed by atoms with E-state index in [2.05, 4.69) is 56.8 Å². The molecule has 0 unspecified atom stereocenters. The number of nitrogens with zero attached hydrogens (tertiary/aromatic N) is 16. The van der Waals surface area contributed by atoms with Gasteiger partial charge in [0, 0.05) is 98.0 Å². The first kappa shape index (κ1) is 91.1. The zero-order valence-electron chi connectivity index (χ0n) is 75.7. The first-order valence-corrected chi connectivity index (χ1v) is 44.6. The lowest BCUT2D eigenvalue weighted by Crippen LogP contribution is -2.38. The van der Waals surface area contributed by atoms with Crippen molar-refractivity contribution >= 4 is 45.7 Å².